The Morgan fingerprint density at radius 3 is 2.79 bits per heavy atom. The van der Waals surface area contributed by atoms with Gasteiger partial charge in [0, 0.05) is 23.3 Å². The van der Waals surface area contributed by atoms with Crippen LogP contribution in [0, 0.1) is 6.92 Å². The Morgan fingerprint density at radius 2 is 2.14 bits per heavy atom. The van der Waals surface area contributed by atoms with Crippen molar-refractivity contribution in [3.63, 3.8) is 0 Å². The van der Waals surface area contributed by atoms with Crippen molar-refractivity contribution in [2.75, 3.05) is 0 Å². The van der Waals surface area contributed by atoms with Gasteiger partial charge in [-0.1, -0.05) is 12.1 Å². The van der Waals surface area contributed by atoms with Crippen LogP contribution in [0.15, 0.2) is 24.3 Å². The molecule has 0 amide bonds. The fourth-order valence-corrected chi connectivity index (χ4v) is 1.90. The number of aromatic nitrogens is 1. The number of aldehydes is 1. The molecule has 1 aromatic heterocycles. The minimum atomic E-state index is 0.741. The lowest BCUT2D eigenvalue weighted by Crippen LogP contribution is -1.95. The van der Waals surface area contributed by atoms with Crippen LogP contribution >= 0.6 is 0 Å². The summed E-state index contributed by atoms with van der Waals surface area (Å²) in [5.41, 5.74) is 3.13. The summed E-state index contributed by atoms with van der Waals surface area (Å²) in [7, 11) is 0. The highest BCUT2D eigenvalue weighted by Gasteiger charge is 2.04. The van der Waals surface area contributed by atoms with Gasteiger partial charge < -0.3 is 4.57 Å². The van der Waals surface area contributed by atoms with E-state index in [1.807, 2.05) is 18.2 Å². The van der Waals surface area contributed by atoms with E-state index in [0.717, 1.165) is 23.9 Å². The molecule has 2 nitrogen and oxygen atoms in total. The molecule has 2 aromatic rings. The average Bonchev–Trinajstić information content (AvgIpc) is 2.52. The number of carbonyl (C=O) groups is 1. The number of hydrogen-bond acceptors (Lipinski definition) is 1. The van der Waals surface area contributed by atoms with Crippen molar-refractivity contribution in [1.82, 2.24) is 4.57 Å². The van der Waals surface area contributed by atoms with E-state index in [-0.39, 0.29) is 0 Å². The van der Waals surface area contributed by atoms with Crippen molar-refractivity contribution < 1.29 is 4.79 Å². The lowest BCUT2D eigenvalue weighted by atomic mass is 10.2. The molecule has 0 N–H and O–H groups in total. The maximum Gasteiger partial charge on any atom is 0.150 e. The average molecular weight is 187 g/mol. The van der Waals surface area contributed by atoms with Crippen molar-refractivity contribution in [3.05, 3.63) is 35.5 Å². The predicted octanol–water partition coefficient (Wildman–Crippen LogP) is 2.78. The number of hydrogen-bond donors (Lipinski definition) is 0. The maximum absolute atomic E-state index is 10.6. The van der Waals surface area contributed by atoms with E-state index in [1.165, 1.54) is 11.1 Å². The molecule has 2 rings (SSSR count). The minimum absolute atomic E-state index is 0.741. The standard InChI is InChI=1S/C12H13NO/c1-3-13-9(2)6-11-5-4-10(8-14)7-12(11)13/h4-8H,3H2,1-2H3. The predicted molar refractivity (Wildman–Crippen MR) is 57.7 cm³/mol. The molecule has 0 aliphatic rings. The Labute approximate surface area is 83.2 Å². The zero-order valence-electron chi connectivity index (χ0n) is 8.45. The summed E-state index contributed by atoms with van der Waals surface area (Å²) in [6, 6.07) is 7.94. The van der Waals surface area contributed by atoms with Crippen LogP contribution in [0.3, 0.4) is 0 Å². The highest BCUT2D eigenvalue weighted by atomic mass is 16.1. The van der Waals surface area contributed by atoms with Gasteiger partial charge in [0.2, 0.25) is 0 Å². The second-order valence-corrected chi connectivity index (χ2v) is 3.47. The van der Waals surface area contributed by atoms with E-state index in [0.29, 0.717) is 0 Å². The van der Waals surface area contributed by atoms with Crippen molar-refractivity contribution >= 4 is 17.2 Å². The zero-order chi connectivity index (χ0) is 10.1. The number of aryl methyl sites for hydroxylation is 2. The summed E-state index contributed by atoms with van der Waals surface area (Å²) < 4.78 is 2.21. The number of nitrogens with zero attached hydrogens (tertiary/aromatic N) is 1. The smallest absolute Gasteiger partial charge is 0.150 e. The number of fused-ring (bicyclic) bond motifs is 1. The van der Waals surface area contributed by atoms with Gasteiger partial charge in [0.05, 0.1) is 0 Å². The topological polar surface area (TPSA) is 22.0 Å². The van der Waals surface area contributed by atoms with E-state index in [2.05, 4.69) is 24.5 Å². The lowest BCUT2D eigenvalue weighted by molar-refractivity contribution is 0.112. The van der Waals surface area contributed by atoms with Crippen molar-refractivity contribution in [2.45, 2.75) is 20.4 Å². The maximum atomic E-state index is 10.6. The third-order valence-electron chi connectivity index (χ3n) is 2.59. The van der Waals surface area contributed by atoms with E-state index < -0.39 is 0 Å². The Hall–Kier alpha value is -1.57. The second kappa shape index (κ2) is 3.29. The SMILES string of the molecule is CCn1c(C)cc2ccc(C=O)cc21. The van der Waals surface area contributed by atoms with Crippen LogP contribution in [-0.4, -0.2) is 10.9 Å². The molecule has 72 valence electrons. The fraction of sp³-hybridized carbons (Fsp3) is 0.250. The molecule has 1 aromatic carbocycles. The monoisotopic (exact) mass is 187 g/mol. The molecular weight excluding hydrogens is 174 g/mol. The minimum Gasteiger partial charge on any atom is -0.345 e. The first-order chi connectivity index (χ1) is 6.76. The van der Waals surface area contributed by atoms with Gasteiger partial charge in [0.1, 0.15) is 6.29 Å². The molecule has 0 fully saturated rings. The summed E-state index contributed by atoms with van der Waals surface area (Å²) in [6.07, 6.45) is 0.891. The van der Waals surface area contributed by atoms with Crippen LogP contribution in [0.5, 0.6) is 0 Å². The molecule has 1 heterocycles. The summed E-state index contributed by atoms with van der Waals surface area (Å²) in [4.78, 5) is 10.6. The first-order valence-corrected chi connectivity index (χ1v) is 4.81. The Kier molecular flexibility index (Phi) is 2.12. The second-order valence-electron chi connectivity index (χ2n) is 3.47. The molecule has 0 bridgehead atoms. The molecule has 0 unspecified atom stereocenters. The third-order valence-corrected chi connectivity index (χ3v) is 2.59. The first-order valence-electron chi connectivity index (χ1n) is 4.81. The van der Waals surface area contributed by atoms with Gasteiger partial charge in [-0.2, -0.15) is 0 Å². The van der Waals surface area contributed by atoms with E-state index in [1.54, 1.807) is 0 Å². The summed E-state index contributed by atoms with van der Waals surface area (Å²) in [5.74, 6) is 0. The van der Waals surface area contributed by atoms with Crippen molar-refractivity contribution in [2.24, 2.45) is 0 Å². The normalized spacial score (nSPS) is 10.7. The quantitative estimate of drug-likeness (QED) is 0.662. The lowest BCUT2D eigenvalue weighted by Gasteiger charge is -2.03. The molecule has 0 radical (unpaired) electrons. The van der Waals surface area contributed by atoms with Gasteiger partial charge in [-0.15, -0.1) is 0 Å². The van der Waals surface area contributed by atoms with Gasteiger partial charge in [-0.25, -0.2) is 0 Å². The zero-order valence-corrected chi connectivity index (χ0v) is 8.45. The summed E-state index contributed by atoms with van der Waals surface area (Å²) >= 11 is 0. The van der Waals surface area contributed by atoms with Gasteiger partial charge in [0.15, 0.2) is 0 Å². The van der Waals surface area contributed by atoms with Crippen LogP contribution in [0.2, 0.25) is 0 Å². The van der Waals surface area contributed by atoms with Gasteiger partial charge in [0.25, 0.3) is 0 Å². The molecule has 0 atom stereocenters. The number of carbonyl (C=O) groups excluding carboxylic acids is 1. The van der Waals surface area contributed by atoms with Crippen molar-refractivity contribution in [1.29, 1.82) is 0 Å². The molecule has 0 aliphatic carbocycles. The van der Waals surface area contributed by atoms with Crippen LogP contribution in [0.25, 0.3) is 10.9 Å². The van der Waals surface area contributed by atoms with Crippen LogP contribution in [0.1, 0.15) is 23.0 Å². The number of rotatable bonds is 2. The molecule has 0 saturated carbocycles. The van der Waals surface area contributed by atoms with Gasteiger partial charge in [-0.05, 0) is 31.4 Å². The largest absolute Gasteiger partial charge is 0.345 e. The van der Waals surface area contributed by atoms with E-state index >= 15 is 0 Å². The van der Waals surface area contributed by atoms with E-state index in [9.17, 15) is 4.79 Å². The molecule has 14 heavy (non-hydrogen) atoms. The summed E-state index contributed by atoms with van der Waals surface area (Å²) in [6.45, 7) is 5.14. The highest BCUT2D eigenvalue weighted by molar-refractivity contribution is 5.88. The van der Waals surface area contributed by atoms with E-state index in [4.69, 9.17) is 0 Å². The number of benzene rings is 1. The third kappa shape index (κ3) is 1.23. The molecular formula is C12H13NO. The molecule has 2 heteroatoms. The van der Waals surface area contributed by atoms with Crippen LogP contribution in [-0.2, 0) is 6.54 Å². The Morgan fingerprint density at radius 1 is 1.36 bits per heavy atom. The summed E-state index contributed by atoms with van der Waals surface area (Å²) in [5, 5.41) is 1.20. The molecule has 0 spiro atoms. The molecule has 0 aliphatic heterocycles. The first kappa shape index (κ1) is 9.00. The fourth-order valence-electron chi connectivity index (χ4n) is 1.90. The van der Waals surface area contributed by atoms with Gasteiger partial charge >= 0.3 is 0 Å². The van der Waals surface area contributed by atoms with Crippen LogP contribution in [0.4, 0.5) is 0 Å². The Balaban J connectivity index is 2.77. The highest BCUT2D eigenvalue weighted by Crippen LogP contribution is 2.20. The van der Waals surface area contributed by atoms with Gasteiger partial charge in [-0.3, -0.25) is 4.79 Å². The molecule has 0 saturated heterocycles. The van der Waals surface area contributed by atoms with Crippen LogP contribution < -0.4 is 0 Å². The Bertz CT molecular complexity index is 482. The van der Waals surface area contributed by atoms with Crippen molar-refractivity contribution in [3.8, 4) is 0 Å².